The summed E-state index contributed by atoms with van der Waals surface area (Å²) in [6.45, 7) is 6.48. The third-order valence-corrected chi connectivity index (χ3v) is 3.36. The molecule has 1 fully saturated rings. The highest BCUT2D eigenvalue weighted by Crippen LogP contribution is 2.24. The van der Waals surface area contributed by atoms with Gasteiger partial charge in [0.15, 0.2) is 0 Å². The molecule has 0 spiro atoms. The maximum Gasteiger partial charge on any atom is 0.122 e. The lowest BCUT2D eigenvalue weighted by Crippen LogP contribution is -2.52. The van der Waals surface area contributed by atoms with Crippen LogP contribution in [0.25, 0.3) is 0 Å². The van der Waals surface area contributed by atoms with Crippen LogP contribution < -0.4 is 5.32 Å². The Morgan fingerprint density at radius 3 is 3.00 bits per heavy atom. The Balaban J connectivity index is 2.14. The molecular weight excluding hydrogens is 214 g/mol. The van der Waals surface area contributed by atoms with Gasteiger partial charge in [0.25, 0.3) is 0 Å². The van der Waals surface area contributed by atoms with Crippen molar-refractivity contribution in [1.82, 2.24) is 15.1 Å². The van der Waals surface area contributed by atoms with Crippen molar-refractivity contribution in [1.29, 1.82) is 0 Å². The second-order valence-corrected chi connectivity index (χ2v) is 5.08. The number of hydrogen-bond acceptors (Lipinski definition) is 4. The van der Waals surface area contributed by atoms with E-state index in [1.165, 1.54) is 0 Å². The molecule has 2 rings (SSSR count). The Morgan fingerprint density at radius 1 is 1.59 bits per heavy atom. The van der Waals surface area contributed by atoms with Crippen LogP contribution in [0, 0.1) is 0 Å². The topological polar surface area (TPSA) is 31.6 Å². The smallest absolute Gasteiger partial charge is 0.122 e. The summed E-state index contributed by atoms with van der Waals surface area (Å²) < 4.78 is 5.61. The minimum atomic E-state index is 0.358. The number of piperazine rings is 1. The quantitative estimate of drug-likeness (QED) is 0.852. The van der Waals surface area contributed by atoms with Gasteiger partial charge < -0.3 is 14.6 Å². The van der Waals surface area contributed by atoms with Crippen molar-refractivity contribution in [2.24, 2.45) is 0 Å². The largest absolute Gasteiger partial charge is 0.468 e. The Kier molecular flexibility index (Phi) is 4.20. The molecule has 1 aliphatic rings. The Morgan fingerprint density at radius 2 is 2.41 bits per heavy atom. The van der Waals surface area contributed by atoms with Crippen LogP contribution in [-0.4, -0.2) is 56.1 Å². The van der Waals surface area contributed by atoms with Crippen LogP contribution in [-0.2, 0) is 0 Å². The number of furan rings is 1. The maximum absolute atomic E-state index is 5.61. The summed E-state index contributed by atoms with van der Waals surface area (Å²) in [5, 5.41) is 3.43. The van der Waals surface area contributed by atoms with Crippen molar-refractivity contribution < 1.29 is 4.42 Å². The molecule has 0 aromatic carbocycles. The van der Waals surface area contributed by atoms with Gasteiger partial charge in [0.05, 0.1) is 12.3 Å². The van der Waals surface area contributed by atoms with Crippen LogP contribution in [0.5, 0.6) is 0 Å². The molecule has 1 aromatic rings. The van der Waals surface area contributed by atoms with Crippen LogP contribution in [0.2, 0.25) is 0 Å². The van der Waals surface area contributed by atoms with Gasteiger partial charge >= 0.3 is 0 Å². The monoisotopic (exact) mass is 237 g/mol. The predicted molar refractivity (Wildman–Crippen MR) is 69.0 cm³/mol. The first-order valence-electron chi connectivity index (χ1n) is 6.33. The number of nitrogens with zero attached hydrogens (tertiary/aromatic N) is 2. The van der Waals surface area contributed by atoms with Crippen molar-refractivity contribution in [2.45, 2.75) is 19.0 Å². The third-order valence-electron chi connectivity index (χ3n) is 3.36. The van der Waals surface area contributed by atoms with Gasteiger partial charge in [-0.25, -0.2) is 0 Å². The molecule has 4 nitrogen and oxygen atoms in total. The summed E-state index contributed by atoms with van der Waals surface area (Å²) in [7, 11) is 4.23. The molecule has 0 amide bonds. The third kappa shape index (κ3) is 3.09. The van der Waals surface area contributed by atoms with E-state index < -0.39 is 0 Å². The fourth-order valence-electron chi connectivity index (χ4n) is 2.50. The molecule has 0 saturated carbocycles. The molecule has 0 bridgehead atoms. The van der Waals surface area contributed by atoms with E-state index in [0.29, 0.717) is 12.1 Å². The zero-order valence-electron chi connectivity index (χ0n) is 11.0. The van der Waals surface area contributed by atoms with Gasteiger partial charge in [0, 0.05) is 32.2 Å². The first kappa shape index (κ1) is 12.6. The average molecular weight is 237 g/mol. The minimum absolute atomic E-state index is 0.358. The lowest BCUT2D eigenvalue weighted by Gasteiger charge is -2.40. The summed E-state index contributed by atoms with van der Waals surface area (Å²) >= 11 is 0. The minimum Gasteiger partial charge on any atom is -0.468 e. The fraction of sp³-hybridized carbons (Fsp3) is 0.692. The lowest BCUT2D eigenvalue weighted by atomic mass is 10.1. The Bertz CT molecular complexity index is 323. The van der Waals surface area contributed by atoms with E-state index in [9.17, 15) is 0 Å². The highest BCUT2D eigenvalue weighted by molar-refractivity contribution is 5.06. The van der Waals surface area contributed by atoms with Gasteiger partial charge in [0.1, 0.15) is 5.76 Å². The molecule has 1 aromatic heterocycles. The second kappa shape index (κ2) is 5.67. The average Bonchev–Trinajstić information content (AvgIpc) is 2.80. The zero-order valence-corrected chi connectivity index (χ0v) is 11.0. The van der Waals surface area contributed by atoms with Gasteiger partial charge in [-0.15, -0.1) is 0 Å². The summed E-state index contributed by atoms with van der Waals surface area (Å²) in [4.78, 5) is 4.76. The molecule has 2 heterocycles. The normalized spacial score (nSPS) is 24.1. The molecule has 1 saturated heterocycles. The van der Waals surface area contributed by atoms with Crippen molar-refractivity contribution >= 4 is 0 Å². The van der Waals surface area contributed by atoms with Gasteiger partial charge in [-0.1, -0.05) is 0 Å². The molecule has 1 N–H and O–H groups in total. The highest BCUT2D eigenvalue weighted by atomic mass is 16.3. The second-order valence-electron chi connectivity index (χ2n) is 5.08. The van der Waals surface area contributed by atoms with Crippen LogP contribution in [0.4, 0.5) is 0 Å². The number of nitrogens with one attached hydrogen (secondary N) is 1. The maximum atomic E-state index is 5.61. The fourth-order valence-corrected chi connectivity index (χ4v) is 2.50. The lowest BCUT2D eigenvalue weighted by molar-refractivity contribution is 0.0836. The number of likely N-dealkylation sites (N-methyl/N-ethyl adjacent to an activating group) is 1. The van der Waals surface area contributed by atoms with Gasteiger partial charge in [-0.2, -0.15) is 0 Å². The number of rotatable bonds is 4. The zero-order chi connectivity index (χ0) is 12.3. The van der Waals surface area contributed by atoms with Gasteiger partial charge in [0.2, 0.25) is 0 Å². The van der Waals surface area contributed by atoms with E-state index >= 15 is 0 Å². The van der Waals surface area contributed by atoms with E-state index in [0.717, 1.165) is 31.9 Å². The van der Waals surface area contributed by atoms with E-state index in [1.54, 1.807) is 6.26 Å². The molecule has 0 radical (unpaired) electrons. The first-order chi connectivity index (χ1) is 8.18. The summed E-state index contributed by atoms with van der Waals surface area (Å²) in [6.07, 6.45) is 1.77. The molecule has 2 atom stereocenters. The van der Waals surface area contributed by atoms with Crippen molar-refractivity contribution in [2.75, 3.05) is 40.3 Å². The Labute approximate surface area is 104 Å². The summed E-state index contributed by atoms with van der Waals surface area (Å²) in [6, 6.07) is 4.98. The van der Waals surface area contributed by atoms with Crippen LogP contribution in [0.1, 0.15) is 18.7 Å². The van der Waals surface area contributed by atoms with Crippen molar-refractivity contribution in [3.05, 3.63) is 24.2 Å². The summed E-state index contributed by atoms with van der Waals surface area (Å²) in [5.74, 6) is 1.08. The predicted octanol–water partition coefficient (Wildman–Crippen LogP) is 1.18. The van der Waals surface area contributed by atoms with E-state index in [4.69, 9.17) is 4.42 Å². The molecule has 4 heteroatoms. The van der Waals surface area contributed by atoms with Gasteiger partial charge in [-0.3, -0.25) is 4.90 Å². The Hall–Kier alpha value is -0.840. The molecule has 1 aliphatic heterocycles. The van der Waals surface area contributed by atoms with E-state index in [-0.39, 0.29) is 0 Å². The van der Waals surface area contributed by atoms with Crippen molar-refractivity contribution in [3.8, 4) is 0 Å². The SMILES string of the molecule is CC1CNCCN1C(CN(C)C)c1ccco1. The van der Waals surface area contributed by atoms with E-state index in [1.807, 2.05) is 6.07 Å². The standard InChI is InChI=1S/C13H23N3O/c1-11-9-14-6-7-16(11)12(10-15(2)3)13-5-4-8-17-13/h4-5,8,11-12,14H,6-7,9-10H2,1-3H3. The molecular formula is C13H23N3O. The summed E-state index contributed by atoms with van der Waals surface area (Å²) in [5.41, 5.74) is 0. The molecule has 17 heavy (non-hydrogen) atoms. The van der Waals surface area contributed by atoms with Crippen molar-refractivity contribution in [3.63, 3.8) is 0 Å². The van der Waals surface area contributed by atoms with Crippen LogP contribution >= 0.6 is 0 Å². The van der Waals surface area contributed by atoms with Gasteiger partial charge in [-0.05, 0) is 33.2 Å². The molecule has 96 valence electrons. The highest BCUT2D eigenvalue weighted by Gasteiger charge is 2.29. The van der Waals surface area contributed by atoms with E-state index in [2.05, 4.69) is 42.2 Å². The van der Waals surface area contributed by atoms with Crippen LogP contribution in [0.3, 0.4) is 0 Å². The van der Waals surface area contributed by atoms with Crippen LogP contribution in [0.15, 0.2) is 22.8 Å². The molecule has 2 unspecified atom stereocenters. The number of hydrogen-bond donors (Lipinski definition) is 1. The first-order valence-corrected chi connectivity index (χ1v) is 6.33. The molecule has 0 aliphatic carbocycles.